The van der Waals surface area contributed by atoms with E-state index in [1.165, 1.54) is 0 Å². The summed E-state index contributed by atoms with van der Waals surface area (Å²) in [6.07, 6.45) is -11.0. The Morgan fingerprint density at radius 3 is 1.54 bits per heavy atom. The van der Waals surface area contributed by atoms with Crippen LogP contribution >= 0.6 is 0 Å². The maximum atomic E-state index is 12.0. The van der Waals surface area contributed by atoms with Crippen molar-refractivity contribution in [3.05, 3.63) is 0 Å². The Morgan fingerprint density at radius 2 is 1.38 bits per heavy atom. The molecule has 1 aliphatic rings. The molecule has 1 heterocycles. The molecule has 8 heteroatoms. The average Bonchev–Trinajstić information content (AvgIpc) is 2.28. The standard InChI is InChI=1S/C5H2F6N2/c6-4(7,8)3(5(9,10)11)1-12-2-13-3/h1-2H. The molecule has 0 aromatic rings. The number of alkyl halides is 6. The van der Waals surface area contributed by atoms with Gasteiger partial charge < -0.3 is 0 Å². The number of hydrogen-bond acceptors (Lipinski definition) is 2. The molecule has 1 rings (SSSR count). The third-order valence-electron chi connectivity index (χ3n) is 1.45. The van der Waals surface area contributed by atoms with Crippen LogP contribution in [0.4, 0.5) is 26.3 Å². The van der Waals surface area contributed by atoms with Crippen LogP contribution in [-0.2, 0) is 0 Å². The molecule has 0 bridgehead atoms. The minimum Gasteiger partial charge on any atom is -0.246 e. The topological polar surface area (TPSA) is 24.7 Å². The third-order valence-corrected chi connectivity index (χ3v) is 1.45. The molecule has 0 amide bonds. The molecule has 0 aliphatic carbocycles. The van der Waals surface area contributed by atoms with Crippen LogP contribution in [0.25, 0.3) is 0 Å². The van der Waals surface area contributed by atoms with E-state index in [0.717, 1.165) is 0 Å². The summed E-state index contributed by atoms with van der Waals surface area (Å²) in [7, 11) is 0. The summed E-state index contributed by atoms with van der Waals surface area (Å²) in [6, 6.07) is 0. The highest BCUT2D eigenvalue weighted by molar-refractivity contribution is 5.87. The monoisotopic (exact) mass is 204 g/mol. The van der Waals surface area contributed by atoms with E-state index in [2.05, 4.69) is 9.98 Å². The van der Waals surface area contributed by atoms with E-state index < -0.39 is 17.9 Å². The van der Waals surface area contributed by atoms with E-state index in [1.807, 2.05) is 0 Å². The van der Waals surface area contributed by atoms with Crippen LogP contribution in [0.5, 0.6) is 0 Å². The van der Waals surface area contributed by atoms with Gasteiger partial charge in [0.05, 0.1) is 6.21 Å². The molecule has 0 fully saturated rings. The molecular weight excluding hydrogens is 202 g/mol. The summed E-state index contributed by atoms with van der Waals surface area (Å²) < 4.78 is 71.9. The normalized spacial score (nSPS) is 21.1. The molecule has 0 radical (unpaired) electrons. The van der Waals surface area contributed by atoms with Crippen molar-refractivity contribution in [2.24, 2.45) is 9.98 Å². The quantitative estimate of drug-likeness (QED) is 0.539. The molecule has 74 valence electrons. The first-order chi connectivity index (χ1) is 5.71. The Balaban J connectivity index is 3.19. The van der Waals surface area contributed by atoms with Gasteiger partial charge in [0, 0.05) is 0 Å². The summed E-state index contributed by atoms with van der Waals surface area (Å²) >= 11 is 0. The lowest BCUT2D eigenvalue weighted by atomic mass is 10.0. The van der Waals surface area contributed by atoms with Crippen LogP contribution in [0.3, 0.4) is 0 Å². The number of nitrogens with zero attached hydrogens (tertiary/aromatic N) is 2. The van der Waals surface area contributed by atoms with Gasteiger partial charge in [-0.3, -0.25) is 0 Å². The first kappa shape index (κ1) is 10.0. The van der Waals surface area contributed by atoms with Crippen LogP contribution in [0.1, 0.15) is 0 Å². The van der Waals surface area contributed by atoms with Crippen molar-refractivity contribution < 1.29 is 26.3 Å². The Hall–Kier alpha value is -1.08. The van der Waals surface area contributed by atoms with Gasteiger partial charge in [0.2, 0.25) is 0 Å². The first-order valence-corrected chi connectivity index (χ1v) is 2.92. The second kappa shape index (κ2) is 2.46. The van der Waals surface area contributed by atoms with Crippen LogP contribution in [0, 0.1) is 0 Å². The van der Waals surface area contributed by atoms with E-state index in [4.69, 9.17) is 0 Å². The van der Waals surface area contributed by atoms with Crippen LogP contribution < -0.4 is 0 Å². The Kier molecular flexibility index (Phi) is 1.89. The van der Waals surface area contributed by atoms with Crippen LogP contribution in [0.15, 0.2) is 9.98 Å². The third kappa shape index (κ3) is 1.29. The smallest absolute Gasteiger partial charge is 0.246 e. The van der Waals surface area contributed by atoms with E-state index >= 15 is 0 Å². The van der Waals surface area contributed by atoms with Gasteiger partial charge in [-0.25, -0.2) is 9.98 Å². The minimum absolute atomic E-state index is 0.237. The Bertz CT molecular complexity index is 231. The molecule has 0 N–H and O–H groups in total. The van der Waals surface area contributed by atoms with E-state index in [9.17, 15) is 26.3 Å². The summed E-state index contributed by atoms with van der Waals surface area (Å²) in [5.74, 6) is 0. The van der Waals surface area contributed by atoms with E-state index in [0.29, 0.717) is 0 Å². The molecule has 1 aliphatic heterocycles. The summed E-state index contributed by atoms with van der Waals surface area (Å²) in [5.41, 5.74) is -4.15. The zero-order valence-corrected chi connectivity index (χ0v) is 5.82. The number of aliphatic imine (C=N–C) groups is 2. The lowest BCUT2D eigenvalue weighted by Gasteiger charge is -2.27. The maximum absolute atomic E-state index is 12.0. The SMILES string of the molecule is FC(F)(F)C1(C(F)(F)F)C=NC=N1. The van der Waals surface area contributed by atoms with Gasteiger partial charge in [0.15, 0.2) is 0 Å². The fourth-order valence-corrected chi connectivity index (χ4v) is 0.752. The second-order valence-corrected chi connectivity index (χ2v) is 2.28. The lowest BCUT2D eigenvalue weighted by Crippen LogP contribution is -2.55. The second-order valence-electron chi connectivity index (χ2n) is 2.28. The number of hydrogen-bond donors (Lipinski definition) is 0. The molecule has 0 saturated carbocycles. The van der Waals surface area contributed by atoms with Gasteiger partial charge in [-0.2, -0.15) is 26.3 Å². The Morgan fingerprint density at radius 1 is 0.923 bits per heavy atom. The highest BCUT2D eigenvalue weighted by Gasteiger charge is 2.71. The summed E-state index contributed by atoms with van der Waals surface area (Å²) in [5, 5.41) is 0. The predicted molar refractivity (Wildman–Crippen MR) is 31.8 cm³/mol. The average molecular weight is 204 g/mol. The molecule has 13 heavy (non-hydrogen) atoms. The van der Waals surface area contributed by atoms with Gasteiger partial charge in [-0.1, -0.05) is 0 Å². The van der Waals surface area contributed by atoms with Crippen molar-refractivity contribution in [3.8, 4) is 0 Å². The Labute approximate surface area is 68.0 Å². The fourth-order valence-electron chi connectivity index (χ4n) is 0.752. The fraction of sp³-hybridized carbons (Fsp3) is 0.600. The lowest BCUT2D eigenvalue weighted by molar-refractivity contribution is -0.268. The van der Waals surface area contributed by atoms with Crippen LogP contribution in [0.2, 0.25) is 0 Å². The zero-order valence-electron chi connectivity index (χ0n) is 5.82. The van der Waals surface area contributed by atoms with Crippen molar-refractivity contribution >= 4 is 12.6 Å². The van der Waals surface area contributed by atoms with Gasteiger partial charge in [0.1, 0.15) is 6.34 Å². The molecular formula is C5H2F6N2. The van der Waals surface area contributed by atoms with Gasteiger partial charge >= 0.3 is 12.4 Å². The molecule has 0 spiro atoms. The summed E-state index contributed by atoms with van der Waals surface area (Å²) in [6.45, 7) is 0. The van der Waals surface area contributed by atoms with E-state index in [1.54, 1.807) is 0 Å². The molecule has 0 atom stereocenters. The van der Waals surface area contributed by atoms with Gasteiger partial charge in [0.25, 0.3) is 5.54 Å². The zero-order chi connectivity index (χ0) is 10.3. The van der Waals surface area contributed by atoms with Gasteiger partial charge in [-0.05, 0) is 0 Å². The molecule has 0 aromatic heterocycles. The predicted octanol–water partition coefficient (Wildman–Crippen LogP) is 1.96. The molecule has 0 unspecified atom stereocenters. The number of rotatable bonds is 0. The maximum Gasteiger partial charge on any atom is 0.427 e. The van der Waals surface area contributed by atoms with Crippen molar-refractivity contribution in [2.45, 2.75) is 17.9 Å². The molecule has 0 saturated heterocycles. The first-order valence-electron chi connectivity index (χ1n) is 2.92. The largest absolute Gasteiger partial charge is 0.427 e. The van der Waals surface area contributed by atoms with Crippen molar-refractivity contribution in [3.63, 3.8) is 0 Å². The molecule has 0 aromatic carbocycles. The molecule has 2 nitrogen and oxygen atoms in total. The number of halogens is 6. The van der Waals surface area contributed by atoms with Crippen molar-refractivity contribution in [2.75, 3.05) is 0 Å². The summed E-state index contributed by atoms with van der Waals surface area (Å²) in [4.78, 5) is 5.03. The van der Waals surface area contributed by atoms with Crippen molar-refractivity contribution in [1.29, 1.82) is 0 Å². The van der Waals surface area contributed by atoms with E-state index in [-0.39, 0.29) is 12.6 Å². The van der Waals surface area contributed by atoms with Crippen LogP contribution in [-0.4, -0.2) is 30.4 Å². The minimum atomic E-state index is -5.51. The highest BCUT2D eigenvalue weighted by Crippen LogP contribution is 2.45. The highest BCUT2D eigenvalue weighted by atomic mass is 19.4. The van der Waals surface area contributed by atoms with Crippen molar-refractivity contribution in [1.82, 2.24) is 0 Å². The van der Waals surface area contributed by atoms with Gasteiger partial charge in [-0.15, -0.1) is 0 Å².